The van der Waals surface area contributed by atoms with Crippen molar-refractivity contribution >= 4 is 39.0 Å². The van der Waals surface area contributed by atoms with Crippen LogP contribution in [0, 0.1) is 0 Å². The maximum Gasteiger partial charge on any atom is 0.344 e. The van der Waals surface area contributed by atoms with Crippen LogP contribution in [0.2, 0.25) is 0 Å². The first-order valence-corrected chi connectivity index (χ1v) is 12.6. The first-order valence-electron chi connectivity index (χ1n) is 11.8. The Balaban J connectivity index is 1.73. The van der Waals surface area contributed by atoms with Crippen molar-refractivity contribution in [3.05, 3.63) is 87.1 Å². The van der Waals surface area contributed by atoms with Gasteiger partial charge < -0.3 is 14.2 Å². The molecule has 0 fully saturated rings. The predicted octanol–water partition coefficient (Wildman–Crippen LogP) is 5.44. The number of para-hydroxylation sites is 1. The molecule has 190 valence electrons. The number of carbonyl (C=O) groups is 1. The van der Waals surface area contributed by atoms with E-state index in [4.69, 9.17) is 19.2 Å². The van der Waals surface area contributed by atoms with Crippen LogP contribution in [0.4, 0.5) is 0 Å². The number of nitrogens with zero attached hydrogens (tertiary/aromatic N) is 3. The summed E-state index contributed by atoms with van der Waals surface area (Å²) in [6, 6.07) is 20.0. The van der Waals surface area contributed by atoms with E-state index < -0.39 is 5.97 Å². The highest BCUT2D eigenvalue weighted by Gasteiger charge is 2.15. The lowest BCUT2D eigenvalue weighted by atomic mass is 10.2. The normalized spacial score (nSPS) is 11.3. The number of benzene rings is 3. The second-order valence-corrected chi connectivity index (χ2v) is 9.12. The minimum absolute atomic E-state index is 0.235. The van der Waals surface area contributed by atoms with E-state index in [2.05, 4.69) is 21.0 Å². The Morgan fingerprint density at radius 1 is 1.05 bits per heavy atom. The topological polar surface area (TPSA) is 92.0 Å². The molecule has 0 aliphatic rings. The zero-order valence-corrected chi connectivity index (χ0v) is 22.3. The Hall–Kier alpha value is -3.98. The van der Waals surface area contributed by atoms with Crippen molar-refractivity contribution in [3.63, 3.8) is 0 Å². The fourth-order valence-corrected chi connectivity index (χ4v) is 4.01. The van der Waals surface area contributed by atoms with Gasteiger partial charge in [-0.25, -0.2) is 9.78 Å². The highest BCUT2D eigenvalue weighted by Crippen LogP contribution is 2.33. The first-order chi connectivity index (χ1) is 17.9. The third-order valence-corrected chi connectivity index (χ3v) is 5.86. The van der Waals surface area contributed by atoms with E-state index in [0.717, 1.165) is 5.56 Å². The van der Waals surface area contributed by atoms with Crippen LogP contribution >= 0.6 is 15.9 Å². The van der Waals surface area contributed by atoms with Gasteiger partial charge in [0, 0.05) is 15.6 Å². The average Bonchev–Trinajstić information content (AvgIpc) is 2.89. The molecule has 0 saturated carbocycles. The summed E-state index contributed by atoms with van der Waals surface area (Å²) in [5.41, 5.74) is 1.70. The number of esters is 1. The minimum atomic E-state index is -0.476. The molecule has 0 aliphatic heterocycles. The van der Waals surface area contributed by atoms with Gasteiger partial charge in [-0.05, 0) is 61.0 Å². The van der Waals surface area contributed by atoms with E-state index in [0.29, 0.717) is 44.9 Å². The zero-order valence-electron chi connectivity index (χ0n) is 20.7. The molecule has 0 amide bonds. The maximum absolute atomic E-state index is 13.4. The molecule has 0 spiro atoms. The van der Waals surface area contributed by atoms with Gasteiger partial charge in [-0.15, -0.1) is 0 Å². The first kappa shape index (κ1) is 26.1. The monoisotopic (exact) mass is 563 g/mol. The molecule has 1 heterocycles. The van der Waals surface area contributed by atoms with Gasteiger partial charge in [0.2, 0.25) is 0 Å². The Morgan fingerprint density at radius 3 is 2.49 bits per heavy atom. The Kier molecular flexibility index (Phi) is 8.35. The van der Waals surface area contributed by atoms with Gasteiger partial charge in [0.1, 0.15) is 0 Å². The fourth-order valence-electron chi connectivity index (χ4n) is 3.59. The van der Waals surface area contributed by atoms with Gasteiger partial charge in [-0.2, -0.15) is 9.78 Å². The Labute approximate surface area is 222 Å². The van der Waals surface area contributed by atoms with Crippen LogP contribution in [-0.2, 0) is 9.53 Å². The van der Waals surface area contributed by atoms with Gasteiger partial charge in [0.05, 0.1) is 29.8 Å². The summed E-state index contributed by atoms with van der Waals surface area (Å²) in [6.07, 6.45) is 1.31. The van der Waals surface area contributed by atoms with Crippen LogP contribution in [0.25, 0.3) is 22.3 Å². The van der Waals surface area contributed by atoms with Crippen LogP contribution in [-0.4, -0.2) is 41.2 Å². The molecule has 1 aromatic heterocycles. The summed E-state index contributed by atoms with van der Waals surface area (Å²) in [5, 5.41) is 4.98. The summed E-state index contributed by atoms with van der Waals surface area (Å²) in [4.78, 5) is 30.0. The van der Waals surface area contributed by atoms with Crippen molar-refractivity contribution in [2.45, 2.75) is 26.9 Å². The van der Waals surface area contributed by atoms with Crippen molar-refractivity contribution in [3.8, 4) is 22.9 Å². The largest absolute Gasteiger partial charge is 0.490 e. The molecule has 9 heteroatoms. The SMILES string of the molecule is CCOc1cc(C=Nn2c(-c3ccccc3)nc3ccccc3c2=O)c(Br)cc1OCC(=O)OC(C)C. The van der Waals surface area contributed by atoms with Crippen LogP contribution in [0.5, 0.6) is 11.5 Å². The number of aromatic nitrogens is 2. The van der Waals surface area contributed by atoms with Crippen molar-refractivity contribution in [2.75, 3.05) is 13.2 Å². The molecular formula is C28H26BrN3O5. The van der Waals surface area contributed by atoms with E-state index in [1.165, 1.54) is 4.68 Å². The lowest BCUT2D eigenvalue weighted by Gasteiger charge is -2.14. The van der Waals surface area contributed by atoms with Gasteiger partial charge in [-0.3, -0.25) is 4.79 Å². The van der Waals surface area contributed by atoms with E-state index >= 15 is 0 Å². The molecule has 8 nitrogen and oxygen atoms in total. The molecule has 0 N–H and O–H groups in total. The Morgan fingerprint density at radius 2 is 1.76 bits per heavy atom. The van der Waals surface area contributed by atoms with Crippen LogP contribution in [0.1, 0.15) is 26.3 Å². The molecule has 37 heavy (non-hydrogen) atoms. The van der Waals surface area contributed by atoms with E-state index in [-0.39, 0.29) is 18.3 Å². The quantitative estimate of drug-likeness (QED) is 0.199. The summed E-state index contributed by atoms with van der Waals surface area (Å²) >= 11 is 3.53. The van der Waals surface area contributed by atoms with Gasteiger partial charge >= 0.3 is 5.97 Å². The smallest absolute Gasteiger partial charge is 0.344 e. The van der Waals surface area contributed by atoms with E-state index in [9.17, 15) is 9.59 Å². The zero-order chi connectivity index (χ0) is 26.4. The maximum atomic E-state index is 13.4. The van der Waals surface area contributed by atoms with E-state index in [1.54, 1.807) is 50.4 Å². The fraction of sp³-hybridized carbons (Fsp3) is 0.214. The number of rotatable bonds is 9. The number of hydrogen-bond donors (Lipinski definition) is 0. The number of hydrogen-bond acceptors (Lipinski definition) is 7. The van der Waals surface area contributed by atoms with Crippen LogP contribution in [0.15, 0.2) is 81.1 Å². The molecule has 3 aromatic carbocycles. The lowest BCUT2D eigenvalue weighted by Crippen LogP contribution is -2.20. The molecule has 0 bridgehead atoms. The molecular weight excluding hydrogens is 538 g/mol. The van der Waals surface area contributed by atoms with Crippen LogP contribution < -0.4 is 15.0 Å². The van der Waals surface area contributed by atoms with Crippen molar-refractivity contribution < 1.29 is 19.0 Å². The minimum Gasteiger partial charge on any atom is -0.490 e. The summed E-state index contributed by atoms with van der Waals surface area (Å²) in [5.74, 6) is 0.749. The second-order valence-electron chi connectivity index (χ2n) is 8.26. The van der Waals surface area contributed by atoms with Gasteiger partial charge in [0.15, 0.2) is 23.9 Å². The van der Waals surface area contributed by atoms with Gasteiger partial charge in [0.25, 0.3) is 5.56 Å². The van der Waals surface area contributed by atoms with Crippen molar-refractivity contribution in [2.24, 2.45) is 5.10 Å². The highest BCUT2D eigenvalue weighted by atomic mass is 79.9. The molecule has 0 saturated heterocycles. The predicted molar refractivity (Wildman–Crippen MR) is 146 cm³/mol. The molecule has 4 rings (SSSR count). The van der Waals surface area contributed by atoms with Gasteiger partial charge in [-0.1, -0.05) is 42.5 Å². The summed E-state index contributed by atoms with van der Waals surface area (Å²) < 4.78 is 18.4. The van der Waals surface area contributed by atoms with Crippen molar-refractivity contribution in [1.29, 1.82) is 0 Å². The molecule has 0 unspecified atom stereocenters. The lowest BCUT2D eigenvalue weighted by molar-refractivity contribution is -0.149. The summed E-state index contributed by atoms with van der Waals surface area (Å²) in [6.45, 7) is 5.52. The Bertz CT molecular complexity index is 1500. The number of halogens is 1. The third kappa shape index (κ3) is 6.24. The van der Waals surface area contributed by atoms with Crippen LogP contribution in [0.3, 0.4) is 0 Å². The standard InChI is InChI=1S/C28H26BrN3O5/c1-4-35-24-14-20(22(29)15-25(24)36-17-26(33)37-18(2)3)16-30-32-27(19-10-6-5-7-11-19)31-23-13-9-8-12-21(23)28(32)34/h5-16,18H,4,17H2,1-3H3. The number of fused-ring (bicyclic) bond motifs is 1. The summed E-state index contributed by atoms with van der Waals surface area (Å²) in [7, 11) is 0. The van der Waals surface area contributed by atoms with E-state index in [1.807, 2.05) is 43.3 Å². The molecule has 0 aliphatic carbocycles. The number of ether oxygens (including phenoxy) is 3. The molecule has 0 radical (unpaired) electrons. The second kappa shape index (κ2) is 11.8. The highest BCUT2D eigenvalue weighted by molar-refractivity contribution is 9.10. The third-order valence-electron chi connectivity index (χ3n) is 5.17. The molecule has 4 aromatic rings. The average molecular weight is 564 g/mol. The van der Waals surface area contributed by atoms with Crippen molar-refractivity contribution in [1.82, 2.24) is 9.66 Å². The number of carbonyl (C=O) groups excluding carboxylic acids is 1. The molecule has 0 atom stereocenters.